The summed E-state index contributed by atoms with van der Waals surface area (Å²) in [6.45, 7) is 7.58. The SMILES string of the molecule is CCCCCCCCCCOP(=O)(OCC)OCCCCCCCCCC. The Morgan fingerprint density at radius 1 is 0.481 bits per heavy atom. The molecule has 0 aliphatic rings. The lowest BCUT2D eigenvalue weighted by atomic mass is 10.1. The molecule has 5 heteroatoms. The van der Waals surface area contributed by atoms with Gasteiger partial charge in [-0.2, -0.15) is 0 Å². The van der Waals surface area contributed by atoms with Gasteiger partial charge in [-0.3, -0.25) is 13.6 Å². The Labute approximate surface area is 169 Å². The van der Waals surface area contributed by atoms with Crippen molar-refractivity contribution < 1.29 is 18.1 Å². The van der Waals surface area contributed by atoms with Crippen molar-refractivity contribution in [2.75, 3.05) is 19.8 Å². The topological polar surface area (TPSA) is 44.8 Å². The Kier molecular flexibility index (Phi) is 20.9. The van der Waals surface area contributed by atoms with Crippen molar-refractivity contribution in [2.24, 2.45) is 0 Å². The maximum Gasteiger partial charge on any atom is 0.474 e. The number of unbranched alkanes of at least 4 members (excludes halogenated alkanes) is 14. The van der Waals surface area contributed by atoms with Crippen LogP contribution < -0.4 is 0 Å². The zero-order valence-corrected chi connectivity index (χ0v) is 19.4. The first-order valence-electron chi connectivity index (χ1n) is 11.7. The van der Waals surface area contributed by atoms with Gasteiger partial charge in [-0.15, -0.1) is 0 Å². The number of hydrogen-bond acceptors (Lipinski definition) is 4. The zero-order chi connectivity index (χ0) is 20.1. The molecule has 0 N–H and O–H groups in total. The summed E-state index contributed by atoms with van der Waals surface area (Å²) in [5.74, 6) is 0. The highest BCUT2D eigenvalue weighted by Crippen LogP contribution is 2.49. The fourth-order valence-electron chi connectivity index (χ4n) is 3.09. The van der Waals surface area contributed by atoms with E-state index in [1.165, 1.54) is 77.0 Å². The minimum Gasteiger partial charge on any atom is -0.287 e. The maximum absolute atomic E-state index is 12.6. The summed E-state index contributed by atoms with van der Waals surface area (Å²) in [6.07, 6.45) is 19.7. The van der Waals surface area contributed by atoms with Gasteiger partial charge in [0.05, 0.1) is 19.8 Å². The summed E-state index contributed by atoms with van der Waals surface area (Å²) in [7, 11) is -3.36. The molecule has 0 spiro atoms. The van der Waals surface area contributed by atoms with Crippen molar-refractivity contribution >= 4 is 7.82 Å². The molecule has 0 amide bonds. The van der Waals surface area contributed by atoms with Crippen molar-refractivity contribution in [1.29, 1.82) is 0 Å². The fourth-order valence-corrected chi connectivity index (χ4v) is 4.34. The number of rotatable bonds is 22. The Morgan fingerprint density at radius 2 is 0.815 bits per heavy atom. The van der Waals surface area contributed by atoms with Crippen molar-refractivity contribution in [3.8, 4) is 0 Å². The molecule has 0 aromatic carbocycles. The van der Waals surface area contributed by atoms with E-state index in [-0.39, 0.29) is 0 Å². The molecule has 0 fully saturated rings. The van der Waals surface area contributed by atoms with Gasteiger partial charge in [-0.25, -0.2) is 4.57 Å². The number of phosphoric ester groups is 1. The van der Waals surface area contributed by atoms with Crippen molar-refractivity contribution in [3.63, 3.8) is 0 Å². The number of phosphoric acid groups is 1. The molecule has 4 nitrogen and oxygen atoms in total. The van der Waals surface area contributed by atoms with E-state index in [0.29, 0.717) is 19.8 Å². The third-order valence-corrected chi connectivity index (χ3v) is 6.35. The second kappa shape index (κ2) is 20.8. The van der Waals surface area contributed by atoms with Gasteiger partial charge in [0, 0.05) is 0 Å². The largest absolute Gasteiger partial charge is 0.474 e. The van der Waals surface area contributed by atoms with Crippen LogP contribution in [-0.2, 0) is 18.1 Å². The van der Waals surface area contributed by atoms with Crippen LogP contribution in [0.25, 0.3) is 0 Å². The molecule has 0 heterocycles. The van der Waals surface area contributed by atoms with Gasteiger partial charge in [0.25, 0.3) is 0 Å². The van der Waals surface area contributed by atoms with Crippen molar-refractivity contribution in [3.05, 3.63) is 0 Å². The first-order valence-corrected chi connectivity index (χ1v) is 13.2. The molecule has 27 heavy (non-hydrogen) atoms. The maximum atomic E-state index is 12.6. The van der Waals surface area contributed by atoms with E-state index in [2.05, 4.69) is 13.8 Å². The molecule has 0 aliphatic carbocycles. The van der Waals surface area contributed by atoms with E-state index in [1.807, 2.05) is 6.92 Å². The highest BCUT2D eigenvalue weighted by Gasteiger charge is 2.25. The van der Waals surface area contributed by atoms with Gasteiger partial charge < -0.3 is 0 Å². The third-order valence-electron chi connectivity index (χ3n) is 4.78. The molecule has 0 aliphatic heterocycles. The average Bonchev–Trinajstić information content (AvgIpc) is 2.66. The van der Waals surface area contributed by atoms with Crippen LogP contribution >= 0.6 is 7.82 Å². The lowest BCUT2D eigenvalue weighted by molar-refractivity contribution is 0.114. The standard InChI is InChI=1S/C22H47O4P/c1-4-7-9-11-13-15-17-19-21-25-27(23,24-6-3)26-22-20-18-16-14-12-10-8-5-2/h4-22H2,1-3H3. The molecule has 0 aromatic rings. The van der Waals surface area contributed by atoms with Crippen molar-refractivity contribution in [2.45, 2.75) is 124 Å². The molecule has 0 rings (SSSR count). The quantitative estimate of drug-likeness (QED) is 0.134. The minimum absolute atomic E-state index is 0.353. The Morgan fingerprint density at radius 3 is 1.15 bits per heavy atom. The molecule has 164 valence electrons. The molecule has 0 saturated heterocycles. The molecule has 0 bridgehead atoms. The predicted molar refractivity (Wildman–Crippen MR) is 116 cm³/mol. The molecule has 0 radical (unpaired) electrons. The zero-order valence-electron chi connectivity index (χ0n) is 18.5. The summed E-state index contributed by atoms with van der Waals surface area (Å²) in [4.78, 5) is 0. The summed E-state index contributed by atoms with van der Waals surface area (Å²) in [5, 5.41) is 0. The van der Waals surface area contributed by atoms with Crippen molar-refractivity contribution in [1.82, 2.24) is 0 Å². The van der Waals surface area contributed by atoms with Crippen LogP contribution in [-0.4, -0.2) is 19.8 Å². The van der Waals surface area contributed by atoms with Gasteiger partial charge >= 0.3 is 7.82 Å². The van der Waals surface area contributed by atoms with E-state index in [1.54, 1.807) is 0 Å². The Balaban J connectivity index is 3.65. The van der Waals surface area contributed by atoms with Gasteiger partial charge in [-0.1, -0.05) is 104 Å². The first kappa shape index (κ1) is 27.1. The van der Waals surface area contributed by atoms with Gasteiger partial charge in [0.2, 0.25) is 0 Å². The summed E-state index contributed by atoms with van der Waals surface area (Å²) in [5.41, 5.74) is 0. The Bertz CT molecular complexity index is 310. The monoisotopic (exact) mass is 406 g/mol. The predicted octanol–water partition coefficient (Wildman–Crippen LogP) is 8.45. The normalized spacial score (nSPS) is 12.0. The van der Waals surface area contributed by atoms with Gasteiger partial charge in [0.1, 0.15) is 0 Å². The van der Waals surface area contributed by atoms with E-state index in [0.717, 1.165) is 25.7 Å². The minimum atomic E-state index is -3.36. The molecular formula is C22H47O4P. The molecule has 0 aromatic heterocycles. The smallest absolute Gasteiger partial charge is 0.287 e. The van der Waals surface area contributed by atoms with Crippen LogP contribution in [0.5, 0.6) is 0 Å². The molecular weight excluding hydrogens is 359 g/mol. The number of hydrogen-bond donors (Lipinski definition) is 0. The third kappa shape index (κ3) is 19.2. The van der Waals surface area contributed by atoms with E-state index in [4.69, 9.17) is 13.6 Å². The summed E-state index contributed by atoms with van der Waals surface area (Å²) >= 11 is 0. The Hall–Kier alpha value is 0.110. The van der Waals surface area contributed by atoms with Crippen LogP contribution in [0.15, 0.2) is 0 Å². The van der Waals surface area contributed by atoms with Crippen LogP contribution in [0.2, 0.25) is 0 Å². The van der Waals surface area contributed by atoms with Crippen LogP contribution in [0.4, 0.5) is 0 Å². The lowest BCUT2D eigenvalue weighted by Crippen LogP contribution is -2.03. The van der Waals surface area contributed by atoms with Crippen LogP contribution in [0.1, 0.15) is 124 Å². The van der Waals surface area contributed by atoms with Gasteiger partial charge in [0.15, 0.2) is 0 Å². The van der Waals surface area contributed by atoms with Gasteiger partial charge in [-0.05, 0) is 19.8 Å². The lowest BCUT2D eigenvalue weighted by Gasteiger charge is -2.17. The summed E-state index contributed by atoms with van der Waals surface area (Å²) in [6, 6.07) is 0. The molecule has 0 saturated carbocycles. The highest BCUT2D eigenvalue weighted by molar-refractivity contribution is 7.48. The van der Waals surface area contributed by atoms with Crippen LogP contribution in [0, 0.1) is 0 Å². The van der Waals surface area contributed by atoms with Crippen LogP contribution in [0.3, 0.4) is 0 Å². The molecule has 0 atom stereocenters. The second-order valence-corrected chi connectivity index (χ2v) is 9.15. The second-order valence-electron chi connectivity index (χ2n) is 7.48. The summed E-state index contributed by atoms with van der Waals surface area (Å²) < 4.78 is 28.8. The first-order chi connectivity index (χ1) is 13.2. The van der Waals surface area contributed by atoms with E-state index in [9.17, 15) is 4.57 Å². The fraction of sp³-hybridized carbons (Fsp3) is 1.00. The average molecular weight is 407 g/mol. The molecule has 0 unspecified atom stereocenters. The highest BCUT2D eigenvalue weighted by atomic mass is 31.2. The van der Waals surface area contributed by atoms with E-state index >= 15 is 0 Å². The van der Waals surface area contributed by atoms with E-state index < -0.39 is 7.82 Å².